The van der Waals surface area contributed by atoms with Crippen LogP contribution in [0.2, 0.25) is 0 Å². The second-order valence-electron chi connectivity index (χ2n) is 7.63. The van der Waals surface area contributed by atoms with Gasteiger partial charge in [-0.3, -0.25) is 9.59 Å². The quantitative estimate of drug-likeness (QED) is 0.649. The van der Waals surface area contributed by atoms with Gasteiger partial charge in [0.05, 0.1) is 44.8 Å². The summed E-state index contributed by atoms with van der Waals surface area (Å²) in [5.74, 6) is 0.0357. The van der Waals surface area contributed by atoms with E-state index in [9.17, 15) is 9.59 Å². The van der Waals surface area contributed by atoms with Crippen molar-refractivity contribution in [3.63, 3.8) is 0 Å². The average Bonchev–Trinajstić information content (AvgIpc) is 3.21. The van der Waals surface area contributed by atoms with Gasteiger partial charge in [0.2, 0.25) is 5.75 Å². The third kappa shape index (κ3) is 3.81. The lowest BCUT2D eigenvalue weighted by atomic mass is 9.79. The molecule has 2 atom stereocenters. The van der Waals surface area contributed by atoms with Gasteiger partial charge in [-0.1, -0.05) is 18.2 Å². The minimum atomic E-state index is -0.887. The largest absolute Gasteiger partial charge is 0.500 e. The maximum absolute atomic E-state index is 13.1. The molecule has 0 saturated carbocycles. The first-order valence-electron chi connectivity index (χ1n) is 9.33. The Morgan fingerprint density at radius 2 is 1.93 bits per heavy atom. The number of hydrogen-bond acceptors (Lipinski definition) is 7. The first-order valence-corrected chi connectivity index (χ1v) is 9.33. The second-order valence-corrected chi connectivity index (χ2v) is 7.63. The van der Waals surface area contributed by atoms with Crippen molar-refractivity contribution in [2.45, 2.75) is 19.8 Å². The highest BCUT2D eigenvalue weighted by molar-refractivity contribution is 5.95. The Balaban J connectivity index is 2.01. The molecule has 0 amide bonds. The standard InChI is InChI=1S/C22H26O7/c1-22(2,21(24)27-5)12-29-19-15(8-9-17(25-3)20(19)26-4)14-7-6-13-10-28-11-16(13)18(14)23/h6-10,14,16H,11-12H2,1-5H3. The van der Waals surface area contributed by atoms with E-state index < -0.39 is 17.3 Å². The zero-order chi connectivity index (χ0) is 21.2. The number of allylic oxidation sites excluding steroid dienone is 2. The van der Waals surface area contributed by atoms with Gasteiger partial charge in [-0.15, -0.1) is 0 Å². The van der Waals surface area contributed by atoms with E-state index in [1.165, 1.54) is 21.3 Å². The molecule has 1 aliphatic carbocycles. The Hall–Kier alpha value is -2.96. The predicted molar refractivity (Wildman–Crippen MR) is 105 cm³/mol. The fraction of sp³-hybridized carbons (Fsp3) is 0.455. The van der Waals surface area contributed by atoms with Gasteiger partial charge in [0.15, 0.2) is 17.3 Å². The van der Waals surface area contributed by atoms with E-state index in [0.717, 1.165) is 5.57 Å². The van der Waals surface area contributed by atoms with Crippen LogP contribution in [0, 0.1) is 11.3 Å². The monoisotopic (exact) mass is 402 g/mol. The molecule has 0 saturated heterocycles. The molecule has 3 rings (SSSR count). The number of hydrogen-bond donors (Lipinski definition) is 0. The van der Waals surface area contributed by atoms with Crippen molar-refractivity contribution in [1.29, 1.82) is 0 Å². The van der Waals surface area contributed by atoms with Gasteiger partial charge in [0.25, 0.3) is 0 Å². The fourth-order valence-corrected chi connectivity index (χ4v) is 3.49. The van der Waals surface area contributed by atoms with Gasteiger partial charge in [-0.2, -0.15) is 0 Å². The number of carbonyl (C=O) groups excluding carboxylic acids is 2. The van der Waals surface area contributed by atoms with Crippen LogP contribution >= 0.6 is 0 Å². The maximum atomic E-state index is 13.1. The Labute approximate surface area is 170 Å². The number of fused-ring (bicyclic) bond motifs is 1. The molecule has 156 valence electrons. The molecule has 0 aromatic heterocycles. The summed E-state index contributed by atoms with van der Waals surface area (Å²) >= 11 is 0. The highest BCUT2D eigenvalue weighted by Crippen LogP contribution is 2.46. The first-order chi connectivity index (χ1) is 13.8. The SMILES string of the molecule is COC(=O)C(C)(C)COc1c(C2C=CC3=COCC3C2=O)ccc(OC)c1OC. The average molecular weight is 402 g/mol. The van der Waals surface area contributed by atoms with Crippen LogP contribution in [-0.4, -0.2) is 46.3 Å². The van der Waals surface area contributed by atoms with E-state index in [4.69, 9.17) is 23.7 Å². The molecular formula is C22H26O7. The first kappa shape index (κ1) is 20.8. The molecule has 2 aliphatic rings. The Kier molecular flexibility index (Phi) is 5.86. The highest BCUT2D eigenvalue weighted by atomic mass is 16.5. The molecular weight excluding hydrogens is 376 g/mol. The summed E-state index contributed by atoms with van der Waals surface area (Å²) in [4.78, 5) is 25.1. The smallest absolute Gasteiger partial charge is 0.314 e. The zero-order valence-corrected chi connectivity index (χ0v) is 17.3. The summed E-state index contributed by atoms with van der Waals surface area (Å²) in [6, 6.07) is 3.53. The van der Waals surface area contributed by atoms with Crippen LogP contribution in [0.1, 0.15) is 25.3 Å². The number of methoxy groups -OCH3 is 3. The maximum Gasteiger partial charge on any atom is 0.314 e. The fourth-order valence-electron chi connectivity index (χ4n) is 3.49. The van der Waals surface area contributed by atoms with Gasteiger partial charge < -0.3 is 23.7 Å². The highest BCUT2D eigenvalue weighted by Gasteiger charge is 2.38. The molecule has 1 aromatic carbocycles. The molecule has 1 heterocycles. The number of esters is 1. The van der Waals surface area contributed by atoms with Crippen molar-refractivity contribution in [2.24, 2.45) is 11.3 Å². The van der Waals surface area contributed by atoms with Crippen molar-refractivity contribution in [2.75, 3.05) is 34.5 Å². The minimum Gasteiger partial charge on any atom is -0.500 e. The molecule has 0 N–H and O–H groups in total. The molecule has 1 aliphatic heterocycles. The molecule has 0 fully saturated rings. The third-order valence-electron chi connectivity index (χ3n) is 5.20. The van der Waals surface area contributed by atoms with E-state index in [1.54, 1.807) is 32.2 Å². The van der Waals surface area contributed by atoms with Crippen molar-refractivity contribution < 1.29 is 33.3 Å². The van der Waals surface area contributed by atoms with Gasteiger partial charge in [0.1, 0.15) is 13.2 Å². The third-order valence-corrected chi connectivity index (χ3v) is 5.20. The van der Waals surface area contributed by atoms with Crippen LogP contribution in [0.15, 0.2) is 36.1 Å². The summed E-state index contributed by atoms with van der Waals surface area (Å²) in [5, 5.41) is 0. The number of Topliss-reactive ketones (excluding diaryl/α,β-unsaturated/α-hetero) is 1. The van der Waals surface area contributed by atoms with Crippen molar-refractivity contribution in [1.82, 2.24) is 0 Å². The molecule has 1 aromatic rings. The van der Waals surface area contributed by atoms with E-state index in [0.29, 0.717) is 29.4 Å². The van der Waals surface area contributed by atoms with Crippen LogP contribution in [0.4, 0.5) is 0 Å². The molecule has 7 nitrogen and oxygen atoms in total. The summed E-state index contributed by atoms with van der Waals surface area (Å²) in [7, 11) is 4.37. The normalized spacial score (nSPS) is 20.4. The van der Waals surface area contributed by atoms with Gasteiger partial charge in [-0.05, 0) is 19.9 Å². The Morgan fingerprint density at radius 1 is 1.17 bits per heavy atom. The van der Waals surface area contributed by atoms with E-state index in [2.05, 4.69) is 0 Å². The van der Waals surface area contributed by atoms with Gasteiger partial charge >= 0.3 is 5.97 Å². The molecule has 7 heteroatoms. The van der Waals surface area contributed by atoms with Gasteiger partial charge in [0, 0.05) is 11.1 Å². The molecule has 2 unspecified atom stereocenters. The van der Waals surface area contributed by atoms with E-state index in [1.807, 2.05) is 12.2 Å². The summed E-state index contributed by atoms with van der Waals surface area (Å²) in [6.07, 6.45) is 5.36. The second kappa shape index (κ2) is 8.19. The van der Waals surface area contributed by atoms with Crippen LogP contribution in [0.3, 0.4) is 0 Å². The predicted octanol–water partition coefficient (Wildman–Crippen LogP) is 3.03. The van der Waals surface area contributed by atoms with Crippen LogP contribution in [-0.2, 0) is 19.1 Å². The molecule has 0 spiro atoms. The number of carbonyl (C=O) groups is 2. The minimum absolute atomic E-state index is 0.0283. The topological polar surface area (TPSA) is 80.3 Å². The van der Waals surface area contributed by atoms with Gasteiger partial charge in [-0.25, -0.2) is 0 Å². The number of benzene rings is 1. The zero-order valence-electron chi connectivity index (χ0n) is 17.3. The van der Waals surface area contributed by atoms with Crippen LogP contribution in [0.25, 0.3) is 0 Å². The van der Waals surface area contributed by atoms with Crippen molar-refractivity contribution >= 4 is 11.8 Å². The Morgan fingerprint density at radius 3 is 2.59 bits per heavy atom. The molecule has 0 radical (unpaired) electrons. The lowest BCUT2D eigenvalue weighted by molar-refractivity contribution is -0.152. The summed E-state index contributed by atoms with van der Waals surface area (Å²) in [5.41, 5.74) is 0.637. The van der Waals surface area contributed by atoms with Crippen LogP contribution < -0.4 is 14.2 Å². The molecule has 0 bridgehead atoms. The van der Waals surface area contributed by atoms with E-state index in [-0.39, 0.29) is 18.3 Å². The number of ether oxygens (including phenoxy) is 5. The van der Waals surface area contributed by atoms with Crippen molar-refractivity contribution in [3.8, 4) is 17.2 Å². The lowest BCUT2D eigenvalue weighted by Crippen LogP contribution is -2.32. The van der Waals surface area contributed by atoms with Crippen LogP contribution in [0.5, 0.6) is 17.2 Å². The Bertz CT molecular complexity index is 866. The number of rotatable bonds is 7. The lowest BCUT2D eigenvalue weighted by Gasteiger charge is -2.27. The molecule has 29 heavy (non-hydrogen) atoms. The number of ketones is 1. The summed E-state index contributed by atoms with van der Waals surface area (Å²) < 4.78 is 27.2. The summed E-state index contributed by atoms with van der Waals surface area (Å²) in [6.45, 7) is 3.83. The van der Waals surface area contributed by atoms with Crippen molar-refractivity contribution in [3.05, 3.63) is 41.7 Å². The van der Waals surface area contributed by atoms with E-state index >= 15 is 0 Å².